The van der Waals surface area contributed by atoms with Gasteiger partial charge in [0, 0.05) is 39.3 Å². The van der Waals surface area contributed by atoms with Crippen LogP contribution in [0.5, 0.6) is 5.75 Å². The maximum Gasteiger partial charge on any atom is 0.410 e. The van der Waals surface area contributed by atoms with Crippen LogP contribution in [-0.4, -0.2) is 84.1 Å². The van der Waals surface area contributed by atoms with Crippen molar-refractivity contribution in [3.63, 3.8) is 0 Å². The van der Waals surface area contributed by atoms with E-state index in [0.29, 0.717) is 52.3 Å². The Morgan fingerprint density at radius 1 is 0.938 bits per heavy atom. The Kier molecular flexibility index (Phi) is 7.99. The Labute approximate surface area is 190 Å². The van der Waals surface area contributed by atoms with Gasteiger partial charge < -0.3 is 24.2 Å². The number of benzene rings is 1. The molecule has 1 aromatic rings. The number of hydrogen-bond acceptors (Lipinski definition) is 5. The monoisotopic (exact) mass is 445 g/mol. The van der Waals surface area contributed by atoms with Crippen LogP contribution in [-0.2, 0) is 14.3 Å². The van der Waals surface area contributed by atoms with Gasteiger partial charge in [-0.05, 0) is 45.7 Å². The number of piperidine rings is 1. The van der Waals surface area contributed by atoms with E-state index in [-0.39, 0.29) is 23.8 Å². The van der Waals surface area contributed by atoms with Gasteiger partial charge in [-0.1, -0.05) is 18.2 Å². The maximum atomic E-state index is 13.1. The molecule has 32 heavy (non-hydrogen) atoms. The molecule has 0 bridgehead atoms. The van der Waals surface area contributed by atoms with Crippen LogP contribution in [0.15, 0.2) is 30.3 Å². The van der Waals surface area contributed by atoms with Crippen molar-refractivity contribution >= 4 is 17.9 Å². The number of hydrogen-bond donors (Lipinski definition) is 0. The van der Waals surface area contributed by atoms with E-state index in [0.717, 1.165) is 18.6 Å². The van der Waals surface area contributed by atoms with Crippen molar-refractivity contribution in [3.8, 4) is 5.75 Å². The van der Waals surface area contributed by atoms with E-state index < -0.39 is 5.60 Å². The third-order valence-corrected chi connectivity index (χ3v) is 5.69. The minimum Gasteiger partial charge on any atom is -0.493 e. The predicted octanol–water partition coefficient (Wildman–Crippen LogP) is 2.77. The number of piperazine rings is 1. The van der Waals surface area contributed by atoms with Crippen molar-refractivity contribution in [2.45, 2.75) is 45.6 Å². The van der Waals surface area contributed by atoms with Gasteiger partial charge in [-0.2, -0.15) is 0 Å². The van der Waals surface area contributed by atoms with Gasteiger partial charge in [0.15, 0.2) is 0 Å². The van der Waals surface area contributed by atoms with Crippen LogP contribution in [0.3, 0.4) is 0 Å². The molecule has 1 aromatic carbocycles. The topological polar surface area (TPSA) is 79.4 Å². The predicted molar refractivity (Wildman–Crippen MR) is 120 cm³/mol. The van der Waals surface area contributed by atoms with Gasteiger partial charge in [-0.15, -0.1) is 0 Å². The second kappa shape index (κ2) is 10.7. The van der Waals surface area contributed by atoms with Crippen LogP contribution >= 0.6 is 0 Å². The highest BCUT2D eigenvalue weighted by molar-refractivity contribution is 5.82. The van der Waals surface area contributed by atoms with Gasteiger partial charge in [0.25, 0.3) is 0 Å². The largest absolute Gasteiger partial charge is 0.493 e. The number of rotatable bonds is 5. The standard InChI is InChI=1S/C24H35N3O5/c1-24(2,3)32-23(30)26-15-13-25(14-16-26)22(29)19-8-7-12-27(18-19)21(28)11-17-31-20-9-5-4-6-10-20/h4-6,9-10,19H,7-8,11-18H2,1-3H3. The second-order valence-electron chi connectivity index (χ2n) is 9.38. The molecular weight excluding hydrogens is 410 g/mol. The fraction of sp³-hybridized carbons (Fsp3) is 0.625. The number of carbonyl (C=O) groups excluding carboxylic acids is 3. The van der Waals surface area contributed by atoms with Crippen molar-refractivity contribution in [3.05, 3.63) is 30.3 Å². The third-order valence-electron chi connectivity index (χ3n) is 5.69. The van der Waals surface area contributed by atoms with E-state index in [1.807, 2.05) is 56.0 Å². The van der Waals surface area contributed by atoms with Crippen molar-refractivity contribution in [2.75, 3.05) is 45.9 Å². The summed E-state index contributed by atoms with van der Waals surface area (Å²) in [5, 5.41) is 0. The molecule has 0 radical (unpaired) electrons. The van der Waals surface area contributed by atoms with Gasteiger partial charge >= 0.3 is 6.09 Å². The van der Waals surface area contributed by atoms with Gasteiger partial charge in [0.1, 0.15) is 11.4 Å². The summed E-state index contributed by atoms with van der Waals surface area (Å²) in [5.74, 6) is 0.661. The Balaban J connectivity index is 1.43. The highest BCUT2D eigenvalue weighted by atomic mass is 16.6. The molecule has 0 aromatic heterocycles. The summed E-state index contributed by atoms with van der Waals surface area (Å²) in [6.45, 7) is 8.90. The Hall–Kier alpha value is -2.77. The summed E-state index contributed by atoms with van der Waals surface area (Å²) < 4.78 is 11.1. The summed E-state index contributed by atoms with van der Waals surface area (Å²) in [7, 11) is 0. The Morgan fingerprint density at radius 3 is 2.25 bits per heavy atom. The maximum absolute atomic E-state index is 13.1. The van der Waals surface area contributed by atoms with Crippen molar-refractivity contribution in [1.29, 1.82) is 0 Å². The molecule has 1 atom stereocenters. The average Bonchev–Trinajstić information content (AvgIpc) is 2.78. The summed E-state index contributed by atoms with van der Waals surface area (Å²) in [6, 6.07) is 9.43. The molecule has 8 heteroatoms. The van der Waals surface area contributed by atoms with Crippen molar-refractivity contribution in [2.24, 2.45) is 5.92 Å². The number of carbonyl (C=O) groups is 3. The van der Waals surface area contributed by atoms with E-state index >= 15 is 0 Å². The highest BCUT2D eigenvalue weighted by Crippen LogP contribution is 2.21. The van der Waals surface area contributed by atoms with Gasteiger partial charge in [-0.25, -0.2) is 4.79 Å². The zero-order chi connectivity index (χ0) is 23.1. The van der Waals surface area contributed by atoms with Gasteiger partial charge in [0.05, 0.1) is 18.9 Å². The zero-order valence-electron chi connectivity index (χ0n) is 19.4. The van der Waals surface area contributed by atoms with Crippen LogP contribution < -0.4 is 4.74 Å². The van der Waals surface area contributed by atoms with Gasteiger partial charge in [0.2, 0.25) is 11.8 Å². The molecule has 2 fully saturated rings. The van der Waals surface area contributed by atoms with E-state index in [2.05, 4.69) is 0 Å². The average molecular weight is 446 g/mol. The third kappa shape index (κ3) is 6.87. The molecule has 2 aliphatic heterocycles. The molecule has 0 N–H and O–H groups in total. The van der Waals surface area contributed by atoms with Crippen LogP contribution in [0.1, 0.15) is 40.0 Å². The molecule has 8 nitrogen and oxygen atoms in total. The molecule has 2 heterocycles. The van der Waals surface area contributed by atoms with E-state index in [9.17, 15) is 14.4 Å². The normalized spacial score (nSPS) is 19.5. The van der Waals surface area contributed by atoms with Crippen molar-refractivity contribution in [1.82, 2.24) is 14.7 Å². The fourth-order valence-electron chi connectivity index (χ4n) is 4.03. The van der Waals surface area contributed by atoms with Crippen LogP contribution in [0.4, 0.5) is 4.79 Å². The summed E-state index contributed by atoms with van der Waals surface area (Å²) >= 11 is 0. The number of nitrogens with zero attached hydrogens (tertiary/aromatic N) is 3. The molecule has 3 amide bonds. The highest BCUT2D eigenvalue weighted by Gasteiger charge is 2.34. The van der Waals surface area contributed by atoms with Crippen LogP contribution in [0, 0.1) is 5.92 Å². The minimum absolute atomic E-state index is 0.0215. The number of amides is 3. The van der Waals surface area contributed by atoms with Crippen LogP contribution in [0.2, 0.25) is 0 Å². The first-order valence-corrected chi connectivity index (χ1v) is 11.5. The molecule has 0 saturated carbocycles. The van der Waals surface area contributed by atoms with Gasteiger partial charge in [-0.3, -0.25) is 9.59 Å². The lowest BCUT2D eigenvalue weighted by atomic mass is 9.96. The zero-order valence-corrected chi connectivity index (χ0v) is 19.4. The smallest absolute Gasteiger partial charge is 0.410 e. The molecule has 2 saturated heterocycles. The second-order valence-corrected chi connectivity index (χ2v) is 9.38. The first kappa shape index (κ1) is 23.9. The lowest BCUT2D eigenvalue weighted by molar-refractivity contribution is -0.142. The summed E-state index contributed by atoms with van der Waals surface area (Å²) in [6.07, 6.45) is 1.57. The molecule has 0 spiro atoms. The van der Waals surface area contributed by atoms with E-state index in [1.165, 1.54) is 0 Å². The molecular formula is C24H35N3O5. The lowest BCUT2D eigenvalue weighted by Crippen LogP contribution is -2.54. The first-order chi connectivity index (χ1) is 15.2. The van der Waals surface area contributed by atoms with E-state index in [1.54, 1.807) is 9.80 Å². The van der Waals surface area contributed by atoms with Crippen molar-refractivity contribution < 1.29 is 23.9 Å². The quantitative estimate of drug-likeness (QED) is 0.696. The molecule has 176 valence electrons. The summed E-state index contributed by atoms with van der Waals surface area (Å²) in [4.78, 5) is 43.2. The van der Waals surface area contributed by atoms with E-state index in [4.69, 9.17) is 9.47 Å². The molecule has 0 aliphatic carbocycles. The minimum atomic E-state index is -0.533. The lowest BCUT2D eigenvalue weighted by Gasteiger charge is -2.39. The number of ether oxygens (including phenoxy) is 2. The molecule has 1 unspecified atom stereocenters. The van der Waals surface area contributed by atoms with Crippen LogP contribution in [0.25, 0.3) is 0 Å². The molecule has 2 aliphatic rings. The molecule has 3 rings (SSSR count). The Bertz CT molecular complexity index is 785. The number of likely N-dealkylation sites (tertiary alicyclic amines) is 1. The summed E-state index contributed by atoms with van der Waals surface area (Å²) in [5.41, 5.74) is -0.533. The fourth-order valence-corrected chi connectivity index (χ4v) is 4.03. The first-order valence-electron chi connectivity index (χ1n) is 11.5. The Morgan fingerprint density at radius 2 is 1.59 bits per heavy atom. The SMILES string of the molecule is CC(C)(C)OC(=O)N1CCN(C(=O)C2CCCN(C(=O)CCOc3ccccc3)C2)CC1. The number of para-hydroxylation sites is 1.